The number of halogens is 1. The van der Waals surface area contributed by atoms with Crippen molar-refractivity contribution in [1.29, 1.82) is 0 Å². The van der Waals surface area contributed by atoms with E-state index in [2.05, 4.69) is 5.32 Å². The van der Waals surface area contributed by atoms with Gasteiger partial charge in [-0.25, -0.2) is 0 Å². The van der Waals surface area contributed by atoms with Gasteiger partial charge in [0.1, 0.15) is 6.10 Å². The van der Waals surface area contributed by atoms with Gasteiger partial charge in [-0.2, -0.15) is 0 Å². The molecule has 0 saturated carbocycles. The summed E-state index contributed by atoms with van der Waals surface area (Å²) >= 11 is 5.98. The molecule has 1 atom stereocenters. The van der Waals surface area contributed by atoms with Gasteiger partial charge < -0.3 is 15.0 Å². The number of amides is 2. The highest BCUT2D eigenvalue weighted by molar-refractivity contribution is 6.34. The molecule has 0 aromatic heterocycles. The van der Waals surface area contributed by atoms with Crippen molar-refractivity contribution >= 4 is 29.1 Å². The van der Waals surface area contributed by atoms with Crippen molar-refractivity contribution in [3.63, 3.8) is 0 Å². The van der Waals surface area contributed by atoms with Crippen molar-refractivity contribution in [1.82, 2.24) is 4.90 Å². The minimum Gasteiger partial charge on any atom is -0.372 e. The number of methoxy groups -OCH3 is 1. The molecular weight excluding hydrogens is 268 g/mol. The van der Waals surface area contributed by atoms with Gasteiger partial charge in [-0.15, -0.1) is 0 Å². The lowest BCUT2D eigenvalue weighted by Gasteiger charge is -2.14. The second kappa shape index (κ2) is 6.54. The fourth-order valence-electron chi connectivity index (χ4n) is 1.36. The van der Waals surface area contributed by atoms with E-state index in [4.69, 9.17) is 16.3 Å². The Morgan fingerprint density at radius 2 is 2.00 bits per heavy atom. The molecule has 1 unspecified atom stereocenters. The number of hydrogen-bond acceptors (Lipinski definition) is 3. The molecule has 0 fully saturated rings. The van der Waals surface area contributed by atoms with Gasteiger partial charge >= 0.3 is 0 Å². The average Bonchev–Trinajstić information content (AvgIpc) is 2.38. The van der Waals surface area contributed by atoms with Gasteiger partial charge in [-0.1, -0.05) is 11.6 Å². The third-order valence-electron chi connectivity index (χ3n) is 2.59. The first-order valence-corrected chi connectivity index (χ1v) is 6.09. The Bertz CT molecular complexity index is 489. The minimum absolute atomic E-state index is 0.221. The van der Waals surface area contributed by atoms with Crippen LogP contribution in [0.2, 0.25) is 5.02 Å². The van der Waals surface area contributed by atoms with E-state index in [1.807, 2.05) is 0 Å². The van der Waals surface area contributed by atoms with Crippen LogP contribution in [0, 0.1) is 0 Å². The maximum atomic E-state index is 11.9. The molecule has 0 radical (unpaired) electrons. The third kappa shape index (κ3) is 3.94. The topological polar surface area (TPSA) is 58.6 Å². The fourth-order valence-corrected chi connectivity index (χ4v) is 1.56. The molecule has 0 aliphatic rings. The molecule has 1 rings (SSSR count). The van der Waals surface area contributed by atoms with E-state index >= 15 is 0 Å². The molecule has 2 amide bonds. The van der Waals surface area contributed by atoms with Crippen LogP contribution in [0.1, 0.15) is 17.3 Å². The second-order valence-corrected chi connectivity index (χ2v) is 4.67. The van der Waals surface area contributed by atoms with E-state index < -0.39 is 6.10 Å². The summed E-state index contributed by atoms with van der Waals surface area (Å²) in [5.41, 5.74) is 0.845. The molecule has 0 bridgehead atoms. The van der Waals surface area contributed by atoms with Crippen molar-refractivity contribution < 1.29 is 14.3 Å². The Morgan fingerprint density at radius 3 is 2.53 bits per heavy atom. The molecule has 0 saturated heterocycles. The Morgan fingerprint density at radius 1 is 1.37 bits per heavy atom. The number of nitrogens with zero attached hydrogens (tertiary/aromatic N) is 1. The van der Waals surface area contributed by atoms with Crippen LogP contribution < -0.4 is 5.32 Å². The number of anilines is 1. The summed E-state index contributed by atoms with van der Waals surface area (Å²) in [6.45, 7) is 1.64. The summed E-state index contributed by atoms with van der Waals surface area (Å²) in [5.74, 6) is -0.506. The Hall–Kier alpha value is -1.59. The smallest absolute Gasteiger partial charge is 0.254 e. The van der Waals surface area contributed by atoms with Crippen LogP contribution in [0.15, 0.2) is 18.2 Å². The van der Waals surface area contributed by atoms with Gasteiger partial charge in [0, 0.05) is 26.9 Å². The van der Waals surface area contributed by atoms with Crippen molar-refractivity contribution in [3.8, 4) is 0 Å². The first kappa shape index (κ1) is 15.5. The molecule has 0 spiro atoms. The number of carbonyl (C=O) groups is 2. The highest BCUT2D eigenvalue weighted by atomic mass is 35.5. The standard InChI is InChI=1S/C13H17ClN2O3/c1-8(19-4)12(17)15-9-5-6-11(14)10(7-9)13(18)16(2)3/h5-8H,1-4H3,(H,15,17). The molecule has 1 aromatic carbocycles. The molecule has 5 nitrogen and oxygen atoms in total. The van der Waals surface area contributed by atoms with Gasteiger partial charge in [0.25, 0.3) is 11.8 Å². The molecule has 6 heteroatoms. The quantitative estimate of drug-likeness (QED) is 0.920. The van der Waals surface area contributed by atoms with Gasteiger partial charge in [-0.3, -0.25) is 9.59 Å². The van der Waals surface area contributed by atoms with E-state index in [0.717, 1.165) is 0 Å². The molecule has 19 heavy (non-hydrogen) atoms. The lowest BCUT2D eigenvalue weighted by Crippen LogP contribution is -2.27. The Balaban J connectivity index is 2.97. The van der Waals surface area contributed by atoms with Crippen molar-refractivity contribution in [2.24, 2.45) is 0 Å². The maximum Gasteiger partial charge on any atom is 0.254 e. The summed E-state index contributed by atoms with van der Waals surface area (Å²) in [6.07, 6.45) is -0.566. The largest absolute Gasteiger partial charge is 0.372 e. The SMILES string of the molecule is COC(C)C(=O)Nc1ccc(Cl)c(C(=O)N(C)C)c1. The highest BCUT2D eigenvalue weighted by Gasteiger charge is 2.16. The maximum absolute atomic E-state index is 11.9. The van der Waals surface area contributed by atoms with E-state index in [0.29, 0.717) is 16.3 Å². The number of hydrogen-bond donors (Lipinski definition) is 1. The number of benzene rings is 1. The van der Waals surface area contributed by atoms with Gasteiger partial charge in [0.15, 0.2) is 0 Å². The van der Waals surface area contributed by atoms with Crippen molar-refractivity contribution in [2.45, 2.75) is 13.0 Å². The molecule has 0 aliphatic heterocycles. The monoisotopic (exact) mass is 284 g/mol. The zero-order valence-corrected chi connectivity index (χ0v) is 12.1. The Kier molecular flexibility index (Phi) is 5.32. The first-order valence-electron chi connectivity index (χ1n) is 5.71. The summed E-state index contributed by atoms with van der Waals surface area (Å²) in [5, 5.41) is 3.00. The summed E-state index contributed by atoms with van der Waals surface area (Å²) in [7, 11) is 4.72. The zero-order valence-electron chi connectivity index (χ0n) is 11.4. The highest BCUT2D eigenvalue weighted by Crippen LogP contribution is 2.21. The van der Waals surface area contributed by atoms with Gasteiger partial charge in [0.05, 0.1) is 10.6 Å². The molecule has 0 aliphatic carbocycles. The predicted octanol–water partition coefficient (Wildman–Crippen LogP) is 2.02. The van der Waals surface area contributed by atoms with Crippen LogP contribution in [0.4, 0.5) is 5.69 Å². The third-order valence-corrected chi connectivity index (χ3v) is 2.92. The van der Waals surface area contributed by atoms with Crippen molar-refractivity contribution in [3.05, 3.63) is 28.8 Å². The van der Waals surface area contributed by atoms with Crippen molar-refractivity contribution in [2.75, 3.05) is 26.5 Å². The molecule has 1 N–H and O–H groups in total. The van der Waals surface area contributed by atoms with E-state index in [1.54, 1.807) is 39.2 Å². The summed E-state index contributed by atoms with van der Waals surface area (Å²) in [4.78, 5) is 25.0. The predicted molar refractivity (Wildman–Crippen MR) is 74.6 cm³/mol. The normalized spacial score (nSPS) is 11.8. The molecule has 1 aromatic rings. The summed E-state index contributed by atoms with van der Waals surface area (Å²) < 4.78 is 4.91. The fraction of sp³-hybridized carbons (Fsp3) is 0.385. The zero-order chi connectivity index (χ0) is 14.6. The number of carbonyl (C=O) groups excluding carboxylic acids is 2. The van der Waals surface area contributed by atoms with Crippen LogP contribution >= 0.6 is 11.6 Å². The molecule has 104 valence electrons. The number of ether oxygens (including phenoxy) is 1. The van der Waals surface area contributed by atoms with Crippen LogP contribution in [-0.2, 0) is 9.53 Å². The van der Waals surface area contributed by atoms with Gasteiger partial charge in [-0.05, 0) is 25.1 Å². The van der Waals surface area contributed by atoms with E-state index in [-0.39, 0.29) is 11.8 Å². The van der Waals surface area contributed by atoms with E-state index in [9.17, 15) is 9.59 Å². The molecule has 0 heterocycles. The first-order chi connectivity index (χ1) is 8.86. The van der Waals surface area contributed by atoms with Crippen LogP contribution in [0.25, 0.3) is 0 Å². The summed E-state index contributed by atoms with van der Waals surface area (Å²) in [6, 6.07) is 4.76. The Labute approximate surface area is 117 Å². The van der Waals surface area contributed by atoms with Crippen LogP contribution in [0.3, 0.4) is 0 Å². The number of rotatable bonds is 4. The van der Waals surface area contributed by atoms with Crippen LogP contribution in [-0.4, -0.2) is 44.0 Å². The van der Waals surface area contributed by atoms with Crippen LogP contribution in [0.5, 0.6) is 0 Å². The second-order valence-electron chi connectivity index (χ2n) is 4.26. The lowest BCUT2D eigenvalue weighted by atomic mass is 10.1. The van der Waals surface area contributed by atoms with Gasteiger partial charge in [0.2, 0.25) is 0 Å². The average molecular weight is 285 g/mol. The lowest BCUT2D eigenvalue weighted by molar-refractivity contribution is -0.124. The minimum atomic E-state index is -0.566. The molecular formula is C13H17ClN2O3. The van der Waals surface area contributed by atoms with E-state index in [1.165, 1.54) is 12.0 Å². The number of nitrogens with one attached hydrogen (secondary N) is 1.